The Morgan fingerprint density at radius 3 is 2.73 bits per heavy atom. The third kappa shape index (κ3) is 4.42. The zero-order valence-electron chi connectivity index (χ0n) is 18.0. The van der Waals surface area contributed by atoms with Crippen molar-refractivity contribution in [3.05, 3.63) is 59.4 Å². The van der Waals surface area contributed by atoms with Gasteiger partial charge in [-0.15, -0.1) is 0 Å². The minimum Gasteiger partial charge on any atom is -0.385 e. The second-order valence-electron chi connectivity index (χ2n) is 8.27. The molecule has 1 fully saturated rings. The van der Waals surface area contributed by atoms with E-state index in [1.807, 2.05) is 37.3 Å². The van der Waals surface area contributed by atoms with Crippen LogP contribution in [0, 0.1) is 11.7 Å². The number of carbonyl (C=O) groups is 1. The highest BCUT2D eigenvalue weighted by atomic mass is 19.1. The van der Waals surface area contributed by atoms with Crippen LogP contribution in [0.5, 0.6) is 0 Å². The summed E-state index contributed by atoms with van der Waals surface area (Å²) in [7, 11) is 0. The van der Waals surface area contributed by atoms with E-state index in [9.17, 15) is 9.90 Å². The molecule has 2 unspecified atom stereocenters. The van der Waals surface area contributed by atoms with Gasteiger partial charge in [0.2, 0.25) is 5.91 Å². The highest BCUT2D eigenvalue weighted by Gasteiger charge is 2.42. The number of nitrogens with two attached hydrogens (primary N) is 1. The summed E-state index contributed by atoms with van der Waals surface area (Å²) in [6, 6.07) is 12.8. The van der Waals surface area contributed by atoms with E-state index in [0.717, 1.165) is 36.8 Å². The average Bonchev–Trinajstić information content (AvgIpc) is 2.78. The molecule has 162 valence electrons. The number of hydrogen-bond acceptors (Lipinski definition) is 3. The molecule has 2 aromatic carbocycles. The second kappa shape index (κ2) is 9.71. The van der Waals surface area contributed by atoms with Crippen molar-refractivity contribution in [1.29, 1.82) is 0 Å². The fourth-order valence-electron chi connectivity index (χ4n) is 4.79. The Morgan fingerprint density at radius 1 is 1.27 bits per heavy atom. The predicted octanol–water partition coefficient (Wildman–Crippen LogP) is 4.24. The lowest BCUT2D eigenvalue weighted by molar-refractivity contribution is -0.135. The Bertz CT molecular complexity index is 885. The Morgan fingerprint density at radius 2 is 2.03 bits per heavy atom. The normalized spacial score (nSPS) is 18.8. The molecule has 1 heterocycles. The van der Waals surface area contributed by atoms with Crippen molar-refractivity contribution in [2.75, 3.05) is 19.6 Å². The molecule has 3 N–H and O–H groups in total. The van der Waals surface area contributed by atoms with Gasteiger partial charge in [-0.3, -0.25) is 4.79 Å². The van der Waals surface area contributed by atoms with Crippen LogP contribution in [0.3, 0.4) is 0 Å². The molecule has 0 spiro atoms. The minimum absolute atomic E-state index is 0.0338. The van der Waals surface area contributed by atoms with Crippen molar-refractivity contribution >= 4 is 5.91 Å². The highest BCUT2D eigenvalue weighted by molar-refractivity contribution is 5.78. The topological polar surface area (TPSA) is 66.6 Å². The van der Waals surface area contributed by atoms with Crippen molar-refractivity contribution < 1.29 is 14.3 Å². The summed E-state index contributed by atoms with van der Waals surface area (Å²) in [6.45, 7) is 5.15. The summed E-state index contributed by atoms with van der Waals surface area (Å²) in [5.74, 6) is -0.605. The first-order chi connectivity index (χ1) is 14.4. The summed E-state index contributed by atoms with van der Waals surface area (Å²) < 4.78 is 15.2. The first-order valence-electron chi connectivity index (χ1n) is 11.0. The number of nitrogens with zero attached hydrogens (tertiary/aromatic N) is 1. The number of piperidine rings is 1. The largest absolute Gasteiger partial charge is 0.385 e. The number of likely N-dealkylation sites (tertiary alicyclic amines) is 1. The number of benzene rings is 2. The second-order valence-corrected chi connectivity index (χ2v) is 8.27. The van der Waals surface area contributed by atoms with Crippen LogP contribution in [-0.4, -0.2) is 35.5 Å². The number of rotatable bonds is 7. The van der Waals surface area contributed by atoms with Gasteiger partial charge in [0.1, 0.15) is 5.82 Å². The van der Waals surface area contributed by atoms with Crippen molar-refractivity contribution in [2.45, 2.75) is 51.6 Å². The number of halogens is 1. The minimum atomic E-state index is -1.22. The first kappa shape index (κ1) is 22.4. The SMILES string of the molecule is CCCC(O)(c1cccc(F)c1-c1cccc(CC)c1)C1CCCN(C(=O)CN)C1. The number of aryl methyl sites for hydroxylation is 1. The molecule has 1 amide bonds. The van der Waals surface area contributed by atoms with Crippen molar-refractivity contribution in [3.8, 4) is 11.1 Å². The molecule has 3 rings (SSSR count). The van der Waals surface area contributed by atoms with Crippen LogP contribution in [0.25, 0.3) is 11.1 Å². The molecule has 0 radical (unpaired) electrons. The summed E-state index contributed by atoms with van der Waals surface area (Å²) >= 11 is 0. The quantitative estimate of drug-likeness (QED) is 0.715. The van der Waals surface area contributed by atoms with Crippen molar-refractivity contribution in [3.63, 3.8) is 0 Å². The smallest absolute Gasteiger partial charge is 0.236 e. The lowest BCUT2D eigenvalue weighted by Crippen LogP contribution is -2.49. The molecule has 30 heavy (non-hydrogen) atoms. The molecule has 5 heteroatoms. The maximum atomic E-state index is 15.2. The van der Waals surface area contributed by atoms with E-state index in [1.54, 1.807) is 11.0 Å². The molecule has 1 saturated heterocycles. The molecule has 4 nitrogen and oxygen atoms in total. The number of hydrogen-bond donors (Lipinski definition) is 2. The maximum Gasteiger partial charge on any atom is 0.236 e. The van der Waals surface area contributed by atoms with E-state index in [1.165, 1.54) is 6.07 Å². The molecule has 1 aliphatic heterocycles. The molecule has 2 aromatic rings. The highest BCUT2D eigenvalue weighted by Crippen LogP contribution is 2.44. The summed E-state index contributed by atoms with van der Waals surface area (Å²) in [6.07, 6.45) is 3.71. The van der Waals surface area contributed by atoms with E-state index in [0.29, 0.717) is 30.6 Å². The molecular weight excluding hydrogens is 379 g/mol. The van der Waals surface area contributed by atoms with Gasteiger partial charge in [0.05, 0.1) is 12.1 Å². The number of carbonyl (C=O) groups excluding carboxylic acids is 1. The van der Waals surface area contributed by atoms with Gasteiger partial charge in [0, 0.05) is 24.6 Å². The third-order valence-electron chi connectivity index (χ3n) is 6.36. The van der Waals surface area contributed by atoms with Gasteiger partial charge in [-0.05, 0) is 48.4 Å². The molecule has 1 aliphatic rings. The lowest BCUT2D eigenvalue weighted by atomic mass is 9.72. The van der Waals surface area contributed by atoms with Gasteiger partial charge in [0.15, 0.2) is 0 Å². The van der Waals surface area contributed by atoms with Crippen LogP contribution in [0.15, 0.2) is 42.5 Å². The summed E-state index contributed by atoms with van der Waals surface area (Å²) in [5, 5.41) is 12.0. The zero-order chi connectivity index (χ0) is 21.7. The monoisotopic (exact) mass is 412 g/mol. The third-order valence-corrected chi connectivity index (χ3v) is 6.36. The first-order valence-corrected chi connectivity index (χ1v) is 11.0. The Hall–Kier alpha value is -2.24. The summed E-state index contributed by atoms with van der Waals surface area (Å²) in [4.78, 5) is 13.9. The molecule has 0 aliphatic carbocycles. The van der Waals surface area contributed by atoms with E-state index in [4.69, 9.17) is 5.73 Å². The van der Waals surface area contributed by atoms with E-state index < -0.39 is 5.60 Å². The predicted molar refractivity (Wildman–Crippen MR) is 118 cm³/mol. The Balaban J connectivity index is 2.10. The molecule has 0 saturated carbocycles. The Kier molecular flexibility index (Phi) is 7.27. The Labute approximate surface area is 178 Å². The van der Waals surface area contributed by atoms with Crippen LogP contribution in [0.4, 0.5) is 4.39 Å². The van der Waals surface area contributed by atoms with Crippen LogP contribution in [-0.2, 0) is 16.8 Å². The lowest BCUT2D eigenvalue weighted by Gasteiger charge is -2.43. The molecule has 2 atom stereocenters. The van der Waals surface area contributed by atoms with Gasteiger partial charge < -0.3 is 15.7 Å². The molecular formula is C25H33FN2O2. The standard InChI is InChI=1S/C25H33FN2O2/c1-3-13-25(30,20-10-7-14-28(17-20)23(29)16-27)21-11-6-12-22(26)24(21)19-9-5-8-18(4-2)15-19/h5-6,8-9,11-12,15,20,30H,3-4,7,10,13-14,16-17,27H2,1-2H3. The van der Waals surface area contributed by atoms with Gasteiger partial charge in [-0.1, -0.05) is 56.7 Å². The van der Waals surface area contributed by atoms with Gasteiger partial charge >= 0.3 is 0 Å². The average molecular weight is 413 g/mol. The van der Waals surface area contributed by atoms with E-state index in [-0.39, 0.29) is 24.2 Å². The molecule has 0 aromatic heterocycles. The maximum absolute atomic E-state index is 15.2. The number of amides is 1. The van der Waals surface area contributed by atoms with Crippen LogP contribution in [0.2, 0.25) is 0 Å². The zero-order valence-corrected chi connectivity index (χ0v) is 18.0. The fourth-order valence-corrected chi connectivity index (χ4v) is 4.79. The van der Waals surface area contributed by atoms with Crippen LogP contribution >= 0.6 is 0 Å². The van der Waals surface area contributed by atoms with Crippen LogP contribution < -0.4 is 5.73 Å². The van der Waals surface area contributed by atoms with Crippen LogP contribution in [0.1, 0.15) is 50.7 Å². The van der Waals surface area contributed by atoms with Gasteiger partial charge in [-0.2, -0.15) is 0 Å². The summed E-state index contributed by atoms with van der Waals surface area (Å²) in [5.41, 5.74) is 7.33. The number of aliphatic hydroxyl groups is 1. The van der Waals surface area contributed by atoms with Gasteiger partial charge in [0.25, 0.3) is 0 Å². The fraction of sp³-hybridized carbons (Fsp3) is 0.480. The van der Waals surface area contributed by atoms with E-state index >= 15 is 4.39 Å². The molecule has 0 bridgehead atoms. The van der Waals surface area contributed by atoms with E-state index in [2.05, 4.69) is 6.92 Å². The van der Waals surface area contributed by atoms with Gasteiger partial charge in [-0.25, -0.2) is 4.39 Å². The van der Waals surface area contributed by atoms with Crippen molar-refractivity contribution in [1.82, 2.24) is 4.90 Å². The van der Waals surface area contributed by atoms with Crippen molar-refractivity contribution in [2.24, 2.45) is 11.7 Å².